The van der Waals surface area contributed by atoms with Crippen LogP contribution in [0.5, 0.6) is 0 Å². The summed E-state index contributed by atoms with van der Waals surface area (Å²) in [7, 11) is 0. The van der Waals surface area contributed by atoms with E-state index in [1.165, 1.54) is 12.8 Å². The highest BCUT2D eigenvalue weighted by Crippen LogP contribution is 2.41. The highest BCUT2D eigenvalue weighted by Gasteiger charge is 2.35. The van der Waals surface area contributed by atoms with Crippen molar-refractivity contribution in [3.63, 3.8) is 0 Å². The number of aliphatic hydroxyl groups is 2. The fourth-order valence-corrected chi connectivity index (χ4v) is 3.52. The topological polar surface area (TPSA) is 40.5 Å². The van der Waals surface area contributed by atoms with Gasteiger partial charge in [0, 0.05) is 0 Å². The average molecular weight is 226 g/mol. The predicted molar refractivity (Wildman–Crippen MR) is 65.0 cm³/mol. The number of hydrogen-bond donors (Lipinski definition) is 2. The predicted octanol–water partition coefficient (Wildman–Crippen LogP) is 2.58. The van der Waals surface area contributed by atoms with Crippen LogP contribution in [0.4, 0.5) is 0 Å². The third-order valence-electron chi connectivity index (χ3n) is 5.05. The van der Waals surface area contributed by atoms with Gasteiger partial charge in [0.25, 0.3) is 0 Å². The zero-order chi connectivity index (χ0) is 11.7. The van der Waals surface area contributed by atoms with Gasteiger partial charge in [-0.15, -0.1) is 0 Å². The fourth-order valence-electron chi connectivity index (χ4n) is 3.52. The van der Waals surface area contributed by atoms with Crippen molar-refractivity contribution in [2.45, 2.75) is 64.6 Å². The monoisotopic (exact) mass is 226 g/mol. The van der Waals surface area contributed by atoms with Gasteiger partial charge < -0.3 is 10.2 Å². The van der Waals surface area contributed by atoms with Crippen LogP contribution in [0.3, 0.4) is 0 Å². The van der Waals surface area contributed by atoms with Crippen molar-refractivity contribution in [1.82, 2.24) is 0 Å². The molecule has 2 N–H and O–H groups in total. The molecule has 0 heterocycles. The van der Waals surface area contributed by atoms with Crippen LogP contribution in [0.1, 0.15) is 52.4 Å². The number of hydrogen-bond acceptors (Lipinski definition) is 2. The summed E-state index contributed by atoms with van der Waals surface area (Å²) < 4.78 is 0. The number of aliphatic hydroxyl groups excluding tert-OH is 2. The second-order valence-corrected chi connectivity index (χ2v) is 6.24. The minimum Gasteiger partial charge on any atom is -0.393 e. The van der Waals surface area contributed by atoms with Crippen molar-refractivity contribution in [1.29, 1.82) is 0 Å². The van der Waals surface area contributed by atoms with Crippen molar-refractivity contribution < 1.29 is 10.2 Å². The van der Waals surface area contributed by atoms with Gasteiger partial charge in [-0.25, -0.2) is 0 Å². The first kappa shape index (κ1) is 12.4. The Morgan fingerprint density at radius 1 is 0.688 bits per heavy atom. The SMILES string of the molecule is CC1CCC(C2CCC(C)C(O)C2)CC1O. The van der Waals surface area contributed by atoms with Gasteiger partial charge in [0.15, 0.2) is 0 Å². The summed E-state index contributed by atoms with van der Waals surface area (Å²) in [5.74, 6) is 2.27. The third kappa shape index (κ3) is 2.60. The van der Waals surface area contributed by atoms with Crippen molar-refractivity contribution in [3.05, 3.63) is 0 Å². The van der Waals surface area contributed by atoms with Crippen molar-refractivity contribution in [3.8, 4) is 0 Å². The van der Waals surface area contributed by atoms with Crippen LogP contribution >= 0.6 is 0 Å². The van der Waals surface area contributed by atoms with E-state index in [4.69, 9.17) is 0 Å². The molecule has 6 atom stereocenters. The van der Waals surface area contributed by atoms with Gasteiger partial charge in [-0.2, -0.15) is 0 Å². The standard InChI is InChI=1S/C14H26O2/c1-9-3-5-11(7-13(9)15)12-6-4-10(2)14(16)8-12/h9-16H,3-8H2,1-2H3. The van der Waals surface area contributed by atoms with Crippen molar-refractivity contribution >= 4 is 0 Å². The van der Waals surface area contributed by atoms with Crippen molar-refractivity contribution in [2.24, 2.45) is 23.7 Å². The molecule has 0 radical (unpaired) electrons. The first-order chi connectivity index (χ1) is 7.58. The Hall–Kier alpha value is -0.0800. The molecule has 2 heteroatoms. The Balaban J connectivity index is 1.88. The Bertz CT molecular complexity index is 205. The molecule has 2 aliphatic carbocycles. The summed E-state index contributed by atoms with van der Waals surface area (Å²) in [4.78, 5) is 0. The van der Waals surface area contributed by atoms with Gasteiger partial charge in [0.05, 0.1) is 12.2 Å². The van der Waals surface area contributed by atoms with Crippen LogP contribution in [0, 0.1) is 23.7 Å². The molecule has 16 heavy (non-hydrogen) atoms. The zero-order valence-corrected chi connectivity index (χ0v) is 10.6. The van der Waals surface area contributed by atoms with Gasteiger partial charge in [0.1, 0.15) is 0 Å². The van der Waals surface area contributed by atoms with E-state index in [9.17, 15) is 10.2 Å². The van der Waals surface area contributed by atoms with E-state index < -0.39 is 0 Å². The van der Waals surface area contributed by atoms with Crippen LogP contribution in [0.25, 0.3) is 0 Å². The lowest BCUT2D eigenvalue weighted by atomic mass is 9.68. The van der Waals surface area contributed by atoms with Gasteiger partial charge in [0.2, 0.25) is 0 Å². The molecule has 2 nitrogen and oxygen atoms in total. The molecule has 6 unspecified atom stereocenters. The van der Waals surface area contributed by atoms with Gasteiger partial charge in [-0.05, 0) is 62.2 Å². The highest BCUT2D eigenvalue weighted by atomic mass is 16.3. The second kappa shape index (κ2) is 5.05. The Kier molecular flexibility index (Phi) is 3.91. The molecular weight excluding hydrogens is 200 g/mol. The van der Waals surface area contributed by atoms with Crippen LogP contribution in [0.15, 0.2) is 0 Å². The first-order valence-electron chi connectivity index (χ1n) is 6.94. The molecule has 0 spiro atoms. The molecule has 0 saturated heterocycles. The molecule has 2 saturated carbocycles. The average Bonchev–Trinajstić information content (AvgIpc) is 2.26. The smallest absolute Gasteiger partial charge is 0.0568 e. The summed E-state index contributed by atoms with van der Waals surface area (Å²) in [6, 6.07) is 0. The van der Waals surface area contributed by atoms with E-state index >= 15 is 0 Å². The summed E-state index contributed by atoms with van der Waals surface area (Å²) in [6.45, 7) is 4.30. The van der Waals surface area contributed by atoms with Crippen molar-refractivity contribution in [2.75, 3.05) is 0 Å². The lowest BCUT2D eigenvalue weighted by molar-refractivity contribution is -0.00503. The molecule has 0 aliphatic heterocycles. The van der Waals surface area contributed by atoms with E-state index in [1.54, 1.807) is 0 Å². The van der Waals surface area contributed by atoms with Crippen LogP contribution in [0.2, 0.25) is 0 Å². The van der Waals surface area contributed by atoms with E-state index in [0.717, 1.165) is 25.7 Å². The number of rotatable bonds is 1. The maximum atomic E-state index is 9.93. The summed E-state index contributed by atoms with van der Waals surface area (Å²) in [5, 5.41) is 19.9. The second-order valence-electron chi connectivity index (χ2n) is 6.24. The fraction of sp³-hybridized carbons (Fsp3) is 1.00. The zero-order valence-electron chi connectivity index (χ0n) is 10.6. The van der Waals surface area contributed by atoms with Gasteiger partial charge in [-0.3, -0.25) is 0 Å². The lowest BCUT2D eigenvalue weighted by Crippen LogP contribution is -2.36. The molecule has 0 aromatic heterocycles. The lowest BCUT2D eigenvalue weighted by Gasteiger charge is -2.40. The largest absolute Gasteiger partial charge is 0.393 e. The molecule has 0 aromatic carbocycles. The Labute approximate surface area is 99.1 Å². The molecule has 2 rings (SSSR count). The van der Waals surface area contributed by atoms with E-state index in [-0.39, 0.29) is 12.2 Å². The molecule has 0 amide bonds. The van der Waals surface area contributed by atoms with E-state index in [2.05, 4.69) is 13.8 Å². The summed E-state index contributed by atoms with van der Waals surface area (Å²) in [5.41, 5.74) is 0. The van der Waals surface area contributed by atoms with Gasteiger partial charge in [-0.1, -0.05) is 13.8 Å². The molecule has 2 aliphatic rings. The minimum absolute atomic E-state index is 0.102. The summed E-state index contributed by atoms with van der Waals surface area (Å²) in [6.07, 6.45) is 6.56. The maximum absolute atomic E-state index is 9.93. The van der Waals surface area contributed by atoms with Crippen LogP contribution < -0.4 is 0 Å². The van der Waals surface area contributed by atoms with E-state index in [0.29, 0.717) is 23.7 Å². The normalized spacial score (nSPS) is 50.2. The minimum atomic E-state index is -0.102. The van der Waals surface area contributed by atoms with Crippen LogP contribution in [-0.2, 0) is 0 Å². The molecular formula is C14H26O2. The van der Waals surface area contributed by atoms with E-state index in [1.807, 2.05) is 0 Å². The first-order valence-corrected chi connectivity index (χ1v) is 6.94. The quantitative estimate of drug-likeness (QED) is 0.721. The molecule has 0 bridgehead atoms. The molecule has 0 aromatic rings. The molecule has 2 fully saturated rings. The Morgan fingerprint density at radius 3 is 1.38 bits per heavy atom. The van der Waals surface area contributed by atoms with Gasteiger partial charge >= 0.3 is 0 Å². The molecule has 94 valence electrons. The highest BCUT2D eigenvalue weighted by molar-refractivity contribution is 4.86. The summed E-state index contributed by atoms with van der Waals surface area (Å²) >= 11 is 0. The maximum Gasteiger partial charge on any atom is 0.0568 e. The third-order valence-corrected chi connectivity index (χ3v) is 5.05. The Morgan fingerprint density at radius 2 is 1.06 bits per heavy atom. The van der Waals surface area contributed by atoms with Crippen LogP contribution in [-0.4, -0.2) is 22.4 Å².